The number of hydrogen-bond donors (Lipinski definition) is 1. The Labute approximate surface area is 145 Å². The molecule has 0 aliphatic heterocycles. The summed E-state index contributed by atoms with van der Waals surface area (Å²) in [6, 6.07) is 13.7. The summed E-state index contributed by atoms with van der Waals surface area (Å²) < 4.78 is 21.0. The van der Waals surface area contributed by atoms with Gasteiger partial charge in [0.1, 0.15) is 18.2 Å². The number of benzene rings is 2. The van der Waals surface area contributed by atoms with Gasteiger partial charge in [-0.15, -0.1) is 0 Å². The molecule has 2 aromatic carbocycles. The topological polar surface area (TPSA) is 57.2 Å². The van der Waals surface area contributed by atoms with E-state index in [1.807, 2.05) is 12.1 Å². The van der Waals surface area contributed by atoms with E-state index < -0.39 is 0 Å². The zero-order chi connectivity index (χ0) is 17.6. The molecule has 0 fully saturated rings. The first-order valence-corrected chi connectivity index (χ1v) is 8.38. The van der Waals surface area contributed by atoms with Crippen LogP contribution in [0.5, 0.6) is 5.75 Å². The summed E-state index contributed by atoms with van der Waals surface area (Å²) in [5.74, 6) is 0.319. The molecule has 0 radical (unpaired) electrons. The third-order valence-electron chi connectivity index (χ3n) is 4.15. The Kier molecular flexibility index (Phi) is 5.46. The maximum atomic E-state index is 13.6. The van der Waals surface area contributed by atoms with E-state index in [0.717, 1.165) is 18.2 Å². The summed E-state index contributed by atoms with van der Waals surface area (Å²) in [7, 11) is 0. The van der Waals surface area contributed by atoms with Crippen LogP contribution < -0.4 is 16.0 Å². The molecule has 0 saturated carbocycles. The van der Waals surface area contributed by atoms with E-state index in [1.165, 1.54) is 6.07 Å². The predicted molar refractivity (Wildman–Crippen MR) is 97.2 cm³/mol. The van der Waals surface area contributed by atoms with Crippen molar-refractivity contribution in [3.8, 4) is 5.75 Å². The smallest absolute Gasteiger partial charge is 0.258 e. The summed E-state index contributed by atoms with van der Waals surface area (Å²) in [5, 5.41) is 1.46. The first-order valence-electron chi connectivity index (χ1n) is 8.38. The van der Waals surface area contributed by atoms with Crippen LogP contribution in [0, 0.1) is 5.82 Å². The SMILES string of the molecule is NCCCCn1ccc2cc(OCc3ccccc3F)ccc2c1=O. The number of aromatic nitrogens is 1. The minimum atomic E-state index is -0.288. The lowest BCUT2D eigenvalue weighted by Crippen LogP contribution is -2.19. The Morgan fingerprint density at radius 2 is 1.92 bits per heavy atom. The van der Waals surface area contributed by atoms with Crippen LogP contribution in [0.15, 0.2) is 59.5 Å². The zero-order valence-electron chi connectivity index (χ0n) is 14.0. The highest BCUT2D eigenvalue weighted by molar-refractivity contribution is 5.82. The molecule has 0 unspecified atom stereocenters. The fraction of sp³-hybridized carbons (Fsp3) is 0.250. The number of ether oxygens (including phenoxy) is 1. The number of unbranched alkanes of at least 4 members (excludes halogenated alkanes) is 1. The predicted octanol–water partition coefficient (Wildman–Crippen LogP) is 3.46. The molecule has 130 valence electrons. The normalized spacial score (nSPS) is 11.0. The second kappa shape index (κ2) is 7.94. The van der Waals surface area contributed by atoms with Crippen molar-refractivity contribution >= 4 is 10.8 Å². The number of pyridine rings is 1. The molecule has 0 spiro atoms. The van der Waals surface area contributed by atoms with Gasteiger partial charge in [-0.1, -0.05) is 18.2 Å². The van der Waals surface area contributed by atoms with Gasteiger partial charge in [0.25, 0.3) is 5.56 Å². The highest BCUT2D eigenvalue weighted by Gasteiger charge is 2.06. The lowest BCUT2D eigenvalue weighted by molar-refractivity contribution is 0.300. The Morgan fingerprint density at radius 1 is 1.08 bits per heavy atom. The standard InChI is InChI=1S/C20H21FN2O2/c21-19-6-2-1-5-16(19)14-25-17-7-8-18-15(13-17)9-12-23(20(18)24)11-4-3-10-22/h1-2,5-9,12-13H,3-4,10-11,14,22H2. The van der Waals surface area contributed by atoms with Crippen molar-refractivity contribution < 1.29 is 9.13 Å². The van der Waals surface area contributed by atoms with Crippen molar-refractivity contribution in [3.63, 3.8) is 0 Å². The lowest BCUT2D eigenvalue weighted by Gasteiger charge is -2.10. The highest BCUT2D eigenvalue weighted by atomic mass is 19.1. The lowest BCUT2D eigenvalue weighted by atomic mass is 10.1. The van der Waals surface area contributed by atoms with Crippen molar-refractivity contribution in [1.29, 1.82) is 0 Å². The quantitative estimate of drug-likeness (QED) is 0.670. The van der Waals surface area contributed by atoms with E-state index in [9.17, 15) is 9.18 Å². The van der Waals surface area contributed by atoms with Crippen molar-refractivity contribution in [2.45, 2.75) is 26.0 Å². The Morgan fingerprint density at radius 3 is 2.72 bits per heavy atom. The molecule has 3 rings (SSSR count). The number of fused-ring (bicyclic) bond motifs is 1. The van der Waals surface area contributed by atoms with Crippen molar-refractivity contribution in [2.75, 3.05) is 6.54 Å². The molecule has 0 aliphatic rings. The number of nitrogens with two attached hydrogens (primary N) is 1. The first kappa shape index (κ1) is 17.2. The average molecular weight is 340 g/mol. The van der Waals surface area contributed by atoms with E-state index in [0.29, 0.717) is 29.8 Å². The molecule has 1 heterocycles. The Hall–Kier alpha value is -2.66. The van der Waals surface area contributed by atoms with E-state index in [2.05, 4.69) is 0 Å². The number of nitrogens with zero attached hydrogens (tertiary/aromatic N) is 1. The van der Waals surface area contributed by atoms with Crippen LogP contribution in [0.2, 0.25) is 0 Å². The molecule has 0 amide bonds. The molecule has 3 aromatic rings. The van der Waals surface area contributed by atoms with Gasteiger partial charge < -0.3 is 15.0 Å². The third kappa shape index (κ3) is 4.06. The summed E-state index contributed by atoms with van der Waals surface area (Å²) in [5.41, 5.74) is 5.97. The van der Waals surface area contributed by atoms with Gasteiger partial charge in [-0.3, -0.25) is 4.79 Å². The van der Waals surface area contributed by atoms with E-state index >= 15 is 0 Å². The van der Waals surface area contributed by atoms with Crippen LogP contribution in [0.4, 0.5) is 4.39 Å². The molecular formula is C20H21FN2O2. The summed E-state index contributed by atoms with van der Waals surface area (Å²) in [6.45, 7) is 1.44. The maximum Gasteiger partial charge on any atom is 0.258 e. The second-order valence-corrected chi connectivity index (χ2v) is 5.94. The molecule has 25 heavy (non-hydrogen) atoms. The van der Waals surface area contributed by atoms with Crippen molar-refractivity contribution in [1.82, 2.24) is 4.57 Å². The van der Waals surface area contributed by atoms with Crippen LogP contribution >= 0.6 is 0 Å². The number of rotatable bonds is 7. The van der Waals surface area contributed by atoms with E-state index in [-0.39, 0.29) is 18.0 Å². The molecule has 0 atom stereocenters. The molecule has 4 nitrogen and oxygen atoms in total. The van der Waals surface area contributed by atoms with Crippen molar-refractivity contribution in [3.05, 3.63) is 76.5 Å². The van der Waals surface area contributed by atoms with Gasteiger partial charge in [-0.05, 0) is 55.1 Å². The van der Waals surface area contributed by atoms with Gasteiger partial charge in [0.15, 0.2) is 0 Å². The highest BCUT2D eigenvalue weighted by Crippen LogP contribution is 2.20. The zero-order valence-corrected chi connectivity index (χ0v) is 14.0. The minimum absolute atomic E-state index is 0.0184. The average Bonchev–Trinajstić information content (AvgIpc) is 2.63. The van der Waals surface area contributed by atoms with Gasteiger partial charge in [-0.25, -0.2) is 4.39 Å². The van der Waals surface area contributed by atoms with Gasteiger partial charge in [0.05, 0.1) is 0 Å². The van der Waals surface area contributed by atoms with Crippen LogP contribution in [-0.2, 0) is 13.2 Å². The molecule has 5 heteroatoms. The van der Waals surface area contributed by atoms with E-state index in [1.54, 1.807) is 41.1 Å². The van der Waals surface area contributed by atoms with Gasteiger partial charge in [-0.2, -0.15) is 0 Å². The van der Waals surface area contributed by atoms with Crippen molar-refractivity contribution in [2.24, 2.45) is 5.73 Å². The number of halogens is 1. The van der Waals surface area contributed by atoms with Gasteiger partial charge in [0.2, 0.25) is 0 Å². The van der Waals surface area contributed by atoms with Crippen LogP contribution in [-0.4, -0.2) is 11.1 Å². The minimum Gasteiger partial charge on any atom is -0.489 e. The van der Waals surface area contributed by atoms with E-state index in [4.69, 9.17) is 10.5 Å². The molecular weight excluding hydrogens is 319 g/mol. The molecule has 1 aromatic heterocycles. The van der Waals surface area contributed by atoms with Crippen LogP contribution in [0.1, 0.15) is 18.4 Å². The number of hydrogen-bond acceptors (Lipinski definition) is 3. The molecule has 2 N–H and O–H groups in total. The summed E-state index contributed by atoms with van der Waals surface area (Å²) in [4.78, 5) is 12.5. The summed E-state index contributed by atoms with van der Waals surface area (Å²) >= 11 is 0. The van der Waals surface area contributed by atoms with Gasteiger partial charge in [0, 0.05) is 23.7 Å². The fourth-order valence-electron chi connectivity index (χ4n) is 2.74. The van der Waals surface area contributed by atoms with Gasteiger partial charge >= 0.3 is 0 Å². The Balaban J connectivity index is 1.77. The van der Waals surface area contributed by atoms with Crippen LogP contribution in [0.3, 0.4) is 0 Å². The maximum absolute atomic E-state index is 13.6. The summed E-state index contributed by atoms with van der Waals surface area (Å²) in [6.07, 6.45) is 3.57. The first-order chi connectivity index (χ1) is 12.2. The molecule has 0 bridgehead atoms. The van der Waals surface area contributed by atoms with Crippen LogP contribution in [0.25, 0.3) is 10.8 Å². The third-order valence-corrected chi connectivity index (χ3v) is 4.15. The second-order valence-electron chi connectivity index (χ2n) is 5.94. The molecule has 0 saturated heterocycles. The monoisotopic (exact) mass is 340 g/mol. The largest absolute Gasteiger partial charge is 0.489 e. The number of aryl methyl sites for hydroxylation is 1. The molecule has 0 aliphatic carbocycles. The Bertz CT molecular complexity index is 921. The fourth-order valence-corrected chi connectivity index (χ4v) is 2.74.